The first-order valence-corrected chi connectivity index (χ1v) is 8.69. The van der Waals surface area contributed by atoms with E-state index in [0.29, 0.717) is 6.54 Å². The molecule has 3 rings (SSSR count). The van der Waals surface area contributed by atoms with Crippen LogP contribution in [0.25, 0.3) is 0 Å². The van der Waals surface area contributed by atoms with E-state index in [1.807, 2.05) is 24.3 Å². The first-order chi connectivity index (χ1) is 11.8. The molecule has 1 heterocycles. The minimum absolute atomic E-state index is 0.219. The van der Waals surface area contributed by atoms with Crippen LogP contribution in [-0.2, 0) is 18.7 Å². The SMILES string of the molecule is C=CCn1c(Cc2ccccc2)nnc1SCc1ccc(F)cc1. The van der Waals surface area contributed by atoms with Crippen molar-refractivity contribution in [1.29, 1.82) is 0 Å². The number of hydrogen-bond acceptors (Lipinski definition) is 3. The van der Waals surface area contributed by atoms with Crippen LogP contribution in [-0.4, -0.2) is 14.8 Å². The molecule has 0 aliphatic rings. The fourth-order valence-electron chi connectivity index (χ4n) is 2.38. The Bertz CT molecular complexity index is 797. The second-order valence-corrected chi connectivity index (χ2v) is 6.32. The van der Waals surface area contributed by atoms with E-state index in [4.69, 9.17) is 0 Å². The molecule has 0 spiro atoms. The smallest absolute Gasteiger partial charge is 0.191 e. The number of hydrogen-bond donors (Lipinski definition) is 0. The van der Waals surface area contributed by atoms with Gasteiger partial charge in [0.2, 0.25) is 0 Å². The molecule has 5 heteroatoms. The van der Waals surface area contributed by atoms with Crippen LogP contribution >= 0.6 is 11.8 Å². The number of nitrogens with zero attached hydrogens (tertiary/aromatic N) is 3. The molecule has 0 saturated heterocycles. The summed E-state index contributed by atoms with van der Waals surface area (Å²) in [5, 5.41) is 9.51. The van der Waals surface area contributed by atoms with E-state index in [1.165, 1.54) is 17.7 Å². The van der Waals surface area contributed by atoms with Crippen LogP contribution in [0.15, 0.2) is 72.4 Å². The molecule has 24 heavy (non-hydrogen) atoms. The summed E-state index contributed by atoms with van der Waals surface area (Å²) in [6.07, 6.45) is 2.58. The first kappa shape index (κ1) is 16.5. The minimum Gasteiger partial charge on any atom is -0.302 e. The van der Waals surface area contributed by atoms with Crippen LogP contribution in [0.5, 0.6) is 0 Å². The van der Waals surface area contributed by atoms with Crippen molar-refractivity contribution >= 4 is 11.8 Å². The van der Waals surface area contributed by atoms with Crippen molar-refractivity contribution in [2.45, 2.75) is 23.9 Å². The molecule has 0 radical (unpaired) electrons. The highest BCUT2D eigenvalue weighted by atomic mass is 32.2. The molecule has 0 amide bonds. The summed E-state index contributed by atoms with van der Waals surface area (Å²) in [5.74, 6) is 1.42. The number of benzene rings is 2. The highest BCUT2D eigenvalue weighted by Crippen LogP contribution is 2.23. The lowest BCUT2D eigenvalue weighted by atomic mass is 10.1. The lowest BCUT2D eigenvalue weighted by Crippen LogP contribution is -2.04. The van der Waals surface area contributed by atoms with E-state index in [2.05, 4.69) is 33.5 Å². The zero-order valence-electron chi connectivity index (χ0n) is 13.2. The third-order valence-electron chi connectivity index (χ3n) is 3.59. The van der Waals surface area contributed by atoms with Gasteiger partial charge in [-0.25, -0.2) is 4.39 Å². The zero-order valence-corrected chi connectivity index (χ0v) is 14.0. The van der Waals surface area contributed by atoms with Gasteiger partial charge in [-0.15, -0.1) is 16.8 Å². The maximum Gasteiger partial charge on any atom is 0.191 e. The summed E-state index contributed by atoms with van der Waals surface area (Å²) >= 11 is 1.60. The Morgan fingerprint density at radius 2 is 1.75 bits per heavy atom. The third kappa shape index (κ3) is 4.11. The number of aromatic nitrogens is 3. The summed E-state index contributed by atoms with van der Waals surface area (Å²) in [6, 6.07) is 16.7. The van der Waals surface area contributed by atoms with Crippen LogP contribution in [0.1, 0.15) is 17.0 Å². The predicted octanol–water partition coefficient (Wildman–Crippen LogP) is 4.49. The number of thioether (sulfide) groups is 1. The Morgan fingerprint density at radius 1 is 1.00 bits per heavy atom. The molecule has 0 atom stereocenters. The molecule has 0 aliphatic carbocycles. The van der Waals surface area contributed by atoms with Crippen molar-refractivity contribution in [3.8, 4) is 0 Å². The Hall–Kier alpha value is -2.40. The normalized spacial score (nSPS) is 10.7. The molecule has 0 N–H and O–H groups in total. The van der Waals surface area contributed by atoms with Gasteiger partial charge in [-0.05, 0) is 23.3 Å². The van der Waals surface area contributed by atoms with E-state index in [0.717, 1.165) is 28.7 Å². The summed E-state index contributed by atoms with van der Waals surface area (Å²) in [6.45, 7) is 4.49. The van der Waals surface area contributed by atoms with Crippen LogP contribution in [0.3, 0.4) is 0 Å². The topological polar surface area (TPSA) is 30.7 Å². The molecule has 0 fully saturated rings. The molecular weight excluding hydrogens is 321 g/mol. The third-order valence-corrected chi connectivity index (χ3v) is 4.63. The van der Waals surface area contributed by atoms with Crippen LogP contribution in [0.2, 0.25) is 0 Å². The van der Waals surface area contributed by atoms with Crippen molar-refractivity contribution in [3.63, 3.8) is 0 Å². The van der Waals surface area contributed by atoms with E-state index in [1.54, 1.807) is 23.9 Å². The van der Waals surface area contributed by atoms with E-state index in [-0.39, 0.29) is 5.82 Å². The Kier molecular flexibility index (Phi) is 5.43. The van der Waals surface area contributed by atoms with E-state index in [9.17, 15) is 4.39 Å². The molecule has 0 unspecified atom stereocenters. The summed E-state index contributed by atoms with van der Waals surface area (Å²) in [7, 11) is 0. The lowest BCUT2D eigenvalue weighted by Gasteiger charge is -2.08. The largest absolute Gasteiger partial charge is 0.302 e. The van der Waals surface area contributed by atoms with Gasteiger partial charge in [-0.2, -0.15) is 0 Å². The number of allylic oxidation sites excluding steroid dienone is 1. The minimum atomic E-state index is -0.219. The maximum atomic E-state index is 13.0. The van der Waals surface area contributed by atoms with Gasteiger partial charge in [0.25, 0.3) is 0 Å². The van der Waals surface area contributed by atoms with Gasteiger partial charge in [-0.1, -0.05) is 60.3 Å². The fourth-order valence-corrected chi connectivity index (χ4v) is 3.30. The van der Waals surface area contributed by atoms with Crippen LogP contribution in [0.4, 0.5) is 4.39 Å². The molecule has 2 aromatic carbocycles. The summed E-state index contributed by atoms with van der Waals surface area (Å²) in [4.78, 5) is 0. The Morgan fingerprint density at radius 3 is 2.46 bits per heavy atom. The Labute approximate surface area is 145 Å². The standard InChI is InChI=1S/C19H18FN3S/c1-2-12-23-18(13-15-6-4-3-5-7-15)21-22-19(23)24-14-16-8-10-17(20)11-9-16/h2-11H,1,12-14H2. The van der Waals surface area contributed by atoms with Gasteiger partial charge in [0, 0.05) is 18.7 Å². The van der Waals surface area contributed by atoms with Crippen molar-refractivity contribution in [3.05, 3.63) is 90.0 Å². The average Bonchev–Trinajstić information content (AvgIpc) is 2.98. The van der Waals surface area contributed by atoms with Crippen molar-refractivity contribution in [1.82, 2.24) is 14.8 Å². The maximum absolute atomic E-state index is 13.0. The highest BCUT2D eigenvalue weighted by Gasteiger charge is 2.12. The van der Waals surface area contributed by atoms with Crippen LogP contribution < -0.4 is 0 Å². The number of rotatable bonds is 7. The highest BCUT2D eigenvalue weighted by molar-refractivity contribution is 7.98. The molecule has 3 nitrogen and oxygen atoms in total. The van der Waals surface area contributed by atoms with Gasteiger partial charge >= 0.3 is 0 Å². The molecule has 0 saturated carbocycles. The molecule has 1 aromatic heterocycles. The van der Waals surface area contributed by atoms with Gasteiger partial charge in [0.1, 0.15) is 11.6 Å². The lowest BCUT2D eigenvalue weighted by molar-refractivity contribution is 0.627. The first-order valence-electron chi connectivity index (χ1n) is 7.70. The monoisotopic (exact) mass is 339 g/mol. The number of halogens is 1. The average molecular weight is 339 g/mol. The molecule has 0 bridgehead atoms. The van der Waals surface area contributed by atoms with E-state index >= 15 is 0 Å². The van der Waals surface area contributed by atoms with Gasteiger partial charge in [-0.3, -0.25) is 0 Å². The van der Waals surface area contributed by atoms with E-state index < -0.39 is 0 Å². The van der Waals surface area contributed by atoms with Crippen LogP contribution in [0, 0.1) is 5.82 Å². The molecule has 0 aliphatic heterocycles. The van der Waals surface area contributed by atoms with Crippen molar-refractivity contribution in [2.75, 3.05) is 0 Å². The van der Waals surface area contributed by atoms with Gasteiger partial charge in [0.05, 0.1) is 0 Å². The Balaban J connectivity index is 1.75. The molecule has 122 valence electrons. The van der Waals surface area contributed by atoms with Crippen molar-refractivity contribution in [2.24, 2.45) is 0 Å². The molecule has 3 aromatic rings. The second-order valence-electron chi connectivity index (χ2n) is 5.38. The van der Waals surface area contributed by atoms with Gasteiger partial charge < -0.3 is 4.57 Å². The summed E-state index contributed by atoms with van der Waals surface area (Å²) in [5.41, 5.74) is 2.25. The van der Waals surface area contributed by atoms with Gasteiger partial charge in [0.15, 0.2) is 5.16 Å². The summed E-state index contributed by atoms with van der Waals surface area (Å²) < 4.78 is 15.1. The molecular formula is C19H18FN3S. The zero-order chi connectivity index (χ0) is 16.8. The van der Waals surface area contributed by atoms with Crippen molar-refractivity contribution < 1.29 is 4.39 Å². The predicted molar refractivity (Wildman–Crippen MR) is 95.4 cm³/mol. The fraction of sp³-hybridized carbons (Fsp3) is 0.158. The quantitative estimate of drug-likeness (QED) is 0.469. The second kappa shape index (κ2) is 7.93.